The number of hydrogen-bond acceptors (Lipinski definition) is 4. The zero-order valence-corrected chi connectivity index (χ0v) is 12.4. The molecule has 0 spiro atoms. The van der Waals surface area contributed by atoms with Gasteiger partial charge in [0.05, 0.1) is 14.1 Å². The minimum absolute atomic E-state index is 0.0841. The van der Waals surface area contributed by atoms with Gasteiger partial charge in [-0.05, 0) is 40.8 Å². The molecule has 8 heteroatoms. The van der Waals surface area contributed by atoms with Gasteiger partial charge in [-0.2, -0.15) is 0 Å². The minimum atomic E-state index is -1.37. The van der Waals surface area contributed by atoms with Crippen LogP contribution in [-0.4, -0.2) is 16.0 Å². The van der Waals surface area contributed by atoms with E-state index in [1.165, 1.54) is 24.3 Å². The van der Waals surface area contributed by atoms with Gasteiger partial charge in [0.15, 0.2) is 0 Å². The molecule has 2 rings (SSSR count). The maximum absolute atomic E-state index is 13.5. The summed E-state index contributed by atoms with van der Waals surface area (Å²) in [7, 11) is 0. The van der Waals surface area contributed by atoms with Crippen molar-refractivity contribution in [1.29, 1.82) is 0 Å². The summed E-state index contributed by atoms with van der Waals surface area (Å²) in [5.41, 5.74) is -0.542. The largest absolute Gasteiger partial charge is 0.478 e. The van der Waals surface area contributed by atoms with Gasteiger partial charge < -0.3 is 9.84 Å². The number of hydrogen-bond donors (Lipinski definition) is 1. The molecule has 0 saturated heterocycles. The van der Waals surface area contributed by atoms with Gasteiger partial charge in [-0.15, -0.1) is 0 Å². The van der Waals surface area contributed by atoms with Crippen molar-refractivity contribution in [1.82, 2.24) is 0 Å². The topological polar surface area (TPSA) is 89.7 Å². The van der Waals surface area contributed by atoms with Crippen LogP contribution in [0.2, 0.25) is 0 Å². The number of rotatable bonds is 4. The third-order valence-corrected chi connectivity index (χ3v) is 3.37. The molecule has 0 aliphatic heterocycles. The van der Waals surface area contributed by atoms with Gasteiger partial charge >= 0.3 is 5.97 Å². The molecule has 108 valence electrons. The molecule has 0 bridgehead atoms. The van der Waals surface area contributed by atoms with Gasteiger partial charge in [0.2, 0.25) is 0 Å². The third kappa shape index (κ3) is 3.45. The molecule has 2 aromatic carbocycles. The number of carboxylic acids is 1. The Morgan fingerprint density at radius 2 is 2.00 bits per heavy atom. The number of aromatic carboxylic acids is 1. The van der Waals surface area contributed by atoms with Crippen molar-refractivity contribution in [2.75, 3.05) is 0 Å². The Hall–Kier alpha value is -2.23. The zero-order chi connectivity index (χ0) is 15.6. The zero-order valence-electron chi connectivity index (χ0n) is 10.2. The molecule has 0 unspecified atom stereocenters. The summed E-state index contributed by atoms with van der Waals surface area (Å²) in [6, 6.07) is 7.32. The highest BCUT2D eigenvalue weighted by Gasteiger charge is 2.13. The van der Waals surface area contributed by atoms with Gasteiger partial charge in [0.1, 0.15) is 17.3 Å². The van der Waals surface area contributed by atoms with Crippen molar-refractivity contribution in [2.24, 2.45) is 0 Å². The van der Waals surface area contributed by atoms with E-state index in [-0.39, 0.29) is 11.4 Å². The summed E-state index contributed by atoms with van der Waals surface area (Å²) in [5, 5.41) is 19.4. The number of carboxylic acid groups (broad SMARTS) is 1. The van der Waals surface area contributed by atoms with Gasteiger partial charge in [-0.3, -0.25) is 10.1 Å². The highest BCUT2D eigenvalue weighted by atomic mass is 127. The molecule has 0 saturated carbocycles. The summed E-state index contributed by atoms with van der Waals surface area (Å²) in [5.74, 6) is -1.88. The summed E-state index contributed by atoms with van der Waals surface area (Å²) >= 11 is 1.85. The van der Waals surface area contributed by atoms with Crippen LogP contribution in [0.3, 0.4) is 0 Å². The van der Waals surface area contributed by atoms with E-state index in [0.717, 1.165) is 12.1 Å². The molecule has 21 heavy (non-hydrogen) atoms. The fourth-order valence-electron chi connectivity index (χ4n) is 1.55. The Kier molecular flexibility index (Phi) is 4.36. The first-order valence-corrected chi connectivity index (χ1v) is 6.61. The van der Waals surface area contributed by atoms with Crippen molar-refractivity contribution in [3.63, 3.8) is 0 Å². The summed E-state index contributed by atoms with van der Waals surface area (Å²) < 4.78 is 19.4. The van der Waals surface area contributed by atoms with Crippen LogP contribution < -0.4 is 4.74 Å². The molecule has 0 fully saturated rings. The lowest BCUT2D eigenvalue weighted by molar-refractivity contribution is -0.385. The summed E-state index contributed by atoms with van der Waals surface area (Å²) in [6.07, 6.45) is 0. The molecule has 2 aromatic rings. The number of halogens is 2. The maximum atomic E-state index is 13.5. The lowest BCUT2D eigenvalue weighted by atomic mass is 10.2. The van der Waals surface area contributed by atoms with E-state index in [0.29, 0.717) is 9.32 Å². The lowest BCUT2D eigenvalue weighted by Crippen LogP contribution is -2.00. The summed E-state index contributed by atoms with van der Waals surface area (Å²) in [6.45, 7) is 0. The highest BCUT2D eigenvalue weighted by molar-refractivity contribution is 14.1. The molecular weight excluding hydrogens is 396 g/mol. The van der Waals surface area contributed by atoms with E-state index < -0.39 is 22.3 Å². The van der Waals surface area contributed by atoms with Gasteiger partial charge in [0, 0.05) is 18.2 Å². The minimum Gasteiger partial charge on any atom is -0.478 e. The van der Waals surface area contributed by atoms with Gasteiger partial charge in [-0.25, -0.2) is 9.18 Å². The number of carbonyl (C=O) groups is 1. The first-order valence-electron chi connectivity index (χ1n) is 5.53. The second kappa shape index (κ2) is 6.04. The number of nitrogens with zero attached hydrogens (tertiary/aromatic N) is 1. The van der Waals surface area contributed by atoms with Crippen LogP contribution in [0.15, 0.2) is 36.4 Å². The molecule has 0 amide bonds. The van der Waals surface area contributed by atoms with Crippen LogP contribution >= 0.6 is 22.6 Å². The quantitative estimate of drug-likeness (QED) is 0.476. The highest BCUT2D eigenvalue weighted by Crippen LogP contribution is 2.30. The van der Waals surface area contributed by atoms with Crippen molar-refractivity contribution >= 4 is 34.2 Å². The molecule has 0 heterocycles. The van der Waals surface area contributed by atoms with Gasteiger partial charge in [-0.1, -0.05) is 0 Å². The van der Waals surface area contributed by atoms with E-state index in [9.17, 15) is 19.3 Å². The van der Waals surface area contributed by atoms with Crippen LogP contribution in [-0.2, 0) is 0 Å². The van der Waals surface area contributed by atoms with E-state index >= 15 is 0 Å². The van der Waals surface area contributed by atoms with E-state index in [1.807, 2.05) is 22.6 Å². The smallest absolute Gasteiger partial charge is 0.338 e. The van der Waals surface area contributed by atoms with E-state index in [2.05, 4.69) is 0 Å². The first kappa shape index (κ1) is 15.2. The molecule has 0 aliphatic rings. The molecule has 6 nitrogen and oxygen atoms in total. The standard InChI is InChI=1S/C13H7FINO5/c14-10-6-8(2-3-9(10)13(17)18)21-12-4-1-7(16(19)20)5-11(12)15/h1-6H,(H,17,18). The average molecular weight is 403 g/mol. The number of nitro groups is 1. The first-order chi connectivity index (χ1) is 9.88. The monoisotopic (exact) mass is 403 g/mol. The predicted molar refractivity (Wildman–Crippen MR) is 79.2 cm³/mol. The molecule has 0 atom stereocenters. The maximum Gasteiger partial charge on any atom is 0.338 e. The molecular formula is C13H7FINO5. The Balaban J connectivity index is 2.28. The van der Waals surface area contributed by atoms with Gasteiger partial charge in [0.25, 0.3) is 5.69 Å². The molecule has 0 radical (unpaired) electrons. The fraction of sp³-hybridized carbons (Fsp3) is 0. The Labute approximate surface area is 131 Å². The second-order valence-corrected chi connectivity index (χ2v) is 5.08. The SMILES string of the molecule is O=C(O)c1ccc(Oc2ccc([N+](=O)[O-])cc2I)cc1F. The fourth-order valence-corrected chi connectivity index (χ4v) is 2.15. The number of ether oxygens (including phenoxy) is 1. The van der Waals surface area contributed by atoms with E-state index in [1.54, 1.807) is 0 Å². The van der Waals surface area contributed by atoms with E-state index in [4.69, 9.17) is 9.84 Å². The molecule has 1 N–H and O–H groups in total. The van der Waals surface area contributed by atoms with Crippen molar-refractivity contribution < 1.29 is 24.0 Å². The number of benzene rings is 2. The van der Waals surface area contributed by atoms with Crippen molar-refractivity contribution in [3.8, 4) is 11.5 Å². The van der Waals surface area contributed by atoms with Crippen molar-refractivity contribution in [2.45, 2.75) is 0 Å². The normalized spacial score (nSPS) is 10.2. The summed E-state index contributed by atoms with van der Waals surface area (Å²) in [4.78, 5) is 20.8. The van der Waals surface area contributed by atoms with Crippen LogP contribution in [0.4, 0.5) is 10.1 Å². The predicted octanol–water partition coefficient (Wildman–Crippen LogP) is 3.83. The van der Waals surface area contributed by atoms with Crippen LogP contribution in [0, 0.1) is 19.5 Å². The van der Waals surface area contributed by atoms with Crippen LogP contribution in [0.25, 0.3) is 0 Å². The van der Waals surface area contributed by atoms with Crippen molar-refractivity contribution in [3.05, 3.63) is 61.5 Å². The third-order valence-electron chi connectivity index (χ3n) is 2.53. The Bertz CT molecular complexity index is 734. The second-order valence-electron chi connectivity index (χ2n) is 3.92. The number of non-ortho nitro benzene ring substituents is 1. The average Bonchev–Trinajstić information content (AvgIpc) is 2.40. The Morgan fingerprint density at radius 3 is 2.52 bits per heavy atom. The van der Waals surface area contributed by atoms with Crippen LogP contribution in [0.5, 0.6) is 11.5 Å². The Morgan fingerprint density at radius 1 is 1.29 bits per heavy atom. The molecule has 0 aliphatic carbocycles. The van der Waals surface area contributed by atoms with Crippen LogP contribution in [0.1, 0.15) is 10.4 Å². The number of nitro benzene ring substituents is 1. The molecule has 0 aromatic heterocycles. The lowest BCUT2D eigenvalue weighted by Gasteiger charge is -2.08.